The van der Waals surface area contributed by atoms with Gasteiger partial charge >= 0.3 is 0 Å². The molecule has 74 valence electrons. The summed E-state index contributed by atoms with van der Waals surface area (Å²) in [4.78, 5) is 0. The summed E-state index contributed by atoms with van der Waals surface area (Å²) >= 11 is 0. The van der Waals surface area contributed by atoms with Crippen LogP contribution in [-0.4, -0.2) is 31.5 Å². The van der Waals surface area contributed by atoms with Gasteiger partial charge in [0, 0.05) is 6.04 Å². The first-order chi connectivity index (χ1) is 5.85. The van der Waals surface area contributed by atoms with Crippen molar-refractivity contribution in [3.63, 3.8) is 0 Å². The van der Waals surface area contributed by atoms with Crippen molar-refractivity contribution in [2.45, 2.75) is 31.8 Å². The fourth-order valence-corrected chi connectivity index (χ4v) is 3.12. The maximum atomic E-state index is 11.1. The maximum absolute atomic E-state index is 11.1. The predicted octanol–water partition coefficient (Wildman–Crippen LogP) is 0.0653. The topological polar surface area (TPSA) is 70.0 Å². The molecule has 0 aromatic heterocycles. The van der Waals surface area contributed by atoms with E-state index in [1.54, 1.807) is 13.8 Å². The van der Waals surface area contributed by atoms with E-state index in [1.807, 2.05) is 0 Å². The minimum atomic E-state index is -2.85. The molecular formula is C8H14N2O2S. The summed E-state index contributed by atoms with van der Waals surface area (Å²) in [7, 11) is -2.85. The van der Waals surface area contributed by atoms with Gasteiger partial charge in [0.15, 0.2) is 9.84 Å². The maximum Gasteiger partial charge on any atom is 0.151 e. The van der Waals surface area contributed by atoms with Crippen LogP contribution in [0.25, 0.3) is 0 Å². The summed E-state index contributed by atoms with van der Waals surface area (Å²) < 4.78 is 22.2. The molecule has 1 rings (SSSR count). The van der Waals surface area contributed by atoms with Gasteiger partial charge in [0.25, 0.3) is 0 Å². The SMILES string of the molecule is CC(C)(C#N)NC1CCS(=O)(=O)C1. The lowest BCUT2D eigenvalue weighted by Gasteiger charge is -2.21. The van der Waals surface area contributed by atoms with E-state index in [2.05, 4.69) is 11.4 Å². The molecule has 0 aromatic carbocycles. The molecule has 1 unspecified atom stereocenters. The molecule has 1 saturated heterocycles. The third-order valence-corrected chi connectivity index (χ3v) is 3.84. The Labute approximate surface area is 78.9 Å². The highest BCUT2D eigenvalue weighted by Gasteiger charge is 2.31. The Bertz CT molecular complexity index is 327. The number of nitrogens with zero attached hydrogens (tertiary/aromatic N) is 1. The van der Waals surface area contributed by atoms with Crippen molar-refractivity contribution >= 4 is 9.84 Å². The van der Waals surface area contributed by atoms with Crippen molar-refractivity contribution in [1.82, 2.24) is 5.32 Å². The van der Waals surface area contributed by atoms with Crippen LogP contribution < -0.4 is 5.32 Å². The van der Waals surface area contributed by atoms with Gasteiger partial charge in [0.05, 0.1) is 17.6 Å². The lowest BCUT2D eigenvalue weighted by molar-refractivity contribution is 0.422. The summed E-state index contributed by atoms with van der Waals surface area (Å²) in [6.45, 7) is 3.50. The molecule has 1 aliphatic rings. The molecule has 1 aliphatic heterocycles. The number of hydrogen-bond donors (Lipinski definition) is 1. The largest absolute Gasteiger partial charge is 0.296 e. The van der Waals surface area contributed by atoms with Crippen LogP contribution in [0.15, 0.2) is 0 Å². The second-order valence-electron chi connectivity index (χ2n) is 3.98. The van der Waals surface area contributed by atoms with E-state index in [-0.39, 0.29) is 17.5 Å². The summed E-state index contributed by atoms with van der Waals surface area (Å²) in [5.41, 5.74) is -0.634. The minimum absolute atomic E-state index is 0.0559. The second-order valence-corrected chi connectivity index (χ2v) is 6.21. The molecule has 5 heteroatoms. The molecule has 1 atom stereocenters. The molecule has 0 aromatic rings. The molecule has 13 heavy (non-hydrogen) atoms. The molecule has 0 saturated carbocycles. The number of nitrogens with one attached hydrogen (secondary N) is 1. The summed E-state index contributed by atoms with van der Waals surface area (Å²) in [5.74, 6) is 0.407. The Hall–Kier alpha value is -0.600. The van der Waals surface area contributed by atoms with E-state index >= 15 is 0 Å². The lowest BCUT2D eigenvalue weighted by Crippen LogP contribution is -2.45. The average Bonchev–Trinajstić information content (AvgIpc) is 2.29. The normalized spacial score (nSPS) is 27.0. The smallest absolute Gasteiger partial charge is 0.151 e. The first-order valence-corrected chi connectivity index (χ1v) is 6.06. The third-order valence-electron chi connectivity index (χ3n) is 2.08. The van der Waals surface area contributed by atoms with E-state index in [0.717, 1.165) is 0 Å². The quantitative estimate of drug-likeness (QED) is 0.687. The van der Waals surface area contributed by atoms with Gasteiger partial charge in [-0.1, -0.05) is 0 Å². The highest BCUT2D eigenvalue weighted by molar-refractivity contribution is 7.91. The third kappa shape index (κ3) is 2.98. The van der Waals surface area contributed by atoms with Crippen LogP contribution in [0.2, 0.25) is 0 Å². The van der Waals surface area contributed by atoms with Crippen LogP contribution in [0.4, 0.5) is 0 Å². The molecular weight excluding hydrogens is 188 g/mol. The van der Waals surface area contributed by atoms with Gasteiger partial charge in [-0.3, -0.25) is 5.32 Å². The van der Waals surface area contributed by atoms with E-state index in [0.29, 0.717) is 6.42 Å². The van der Waals surface area contributed by atoms with E-state index in [9.17, 15) is 8.42 Å². The Morgan fingerprint density at radius 1 is 1.54 bits per heavy atom. The van der Waals surface area contributed by atoms with Gasteiger partial charge in [-0.2, -0.15) is 5.26 Å². The lowest BCUT2D eigenvalue weighted by atomic mass is 10.1. The van der Waals surface area contributed by atoms with Crippen molar-refractivity contribution in [2.75, 3.05) is 11.5 Å². The number of sulfone groups is 1. The van der Waals surface area contributed by atoms with Gasteiger partial charge < -0.3 is 0 Å². The molecule has 0 radical (unpaired) electrons. The first-order valence-electron chi connectivity index (χ1n) is 4.24. The molecule has 1 N–H and O–H groups in total. The molecule has 1 fully saturated rings. The van der Waals surface area contributed by atoms with Crippen molar-refractivity contribution in [1.29, 1.82) is 5.26 Å². The Morgan fingerprint density at radius 3 is 2.54 bits per heavy atom. The van der Waals surface area contributed by atoms with Crippen molar-refractivity contribution in [3.8, 4) is 6.07 Å². The minimum Gasteiger partial charge on any atom is -0.296 e. The molecule has 0 amide bonds. The summed E-state index contributed by atoms with van der Waals surface area (Å²) in [5, 5.41) is 11.7. The zero-order valence-electron chi connectivity index (χ0n) is 7.87. The van der Waals surface area contributed by atoms with Crippen LogP contribution in [0.3, 0.4) is 0 Å². The first kappa shape index (κ1) is 10.5. The standard InChI is InChI=1S/C8H14N2O2S/c1-8(2,6-9)10-7-3-4-13(11,12)5-7/h7,10H,3-5H2,1-2H3. The van der Waals surface area contributed by atoms with Crippen LogP contribution in [-0.2, 0) is 9.84 Å². The van der Waals surface area contributed by atoms with E-state index in [4.69, 9.17) is 5.26 Å². The van der Waals surface area contributed by atoms with E-state index in [1.165, 1.54) is 0 Å². The van der Waals surface area contributed by atoms with Crippen LogP contribution in [0.1, 0.15) is 20.3 Å². The van der Waals surface area contributed by atoms with Crippen molar-refractivity contribution in [2.24, 2.45) is 0 Å². The van der Waals surface area contributed by atoms with Crippen molar-refractivity contribution < 1.29 is 8.42 Å². The number of rotatable bonds is 2. The Kier molecular flexibility index (Phi) is 2.64. The fraction of sp³-hybridized carbons (Fsp3) is 0.875. The molecule has 0 bridgehead atoms. The second kappa shape index (κ2) is 3.28. The Balaban J connectivity index is 2.56. The number of hydrogen-bond acceptors (Lipinski definition) is 4. The highest BCUT2D eigenvalue weighted by Crippen LogP contribution is 2.14. The predicted molar refractivity (Wildman–Crippen MR) is 49.9 cm³/mol. The molecule has 0 spiro atoms. The Morgan fingerprint density at radius 2 is 2.15 bits per heavy atom. The molecule has 4 nitrogen and oxygen atoms in total. The van der Waals surface area contributed by atoms with Gasteiger partial charge in [-0.05, 0) is 20.3 Å². The summed E-state index contributed by atoms with van der Waals surface area (Å²) in [6.07, 6.45) is 0.618. The van der Waals surface area contributed by atoms with Gasteiger partial charge in [0.2, 0.25) is 0 Å². The monoisotopic (exact) mass is 202 g/mol. The molecule has 0 aliphatic carbocycles. The van der Waals surface area contributed by atoms with Crippen molar-refractivity contribution in [3.05, 3.63) is 0 Å². The van der Waals surface area contributed by atoms with Gasteiger partial charge in [-0.25, -0.2) is 8.42 Å². The van der Waals surface area contributed by atoms with Gasteiger partial charge in [0.1, 0.15) is 5.54 Å². The zero-order valence-corrected chi connectivity index (χ0v) is 8.69. The molecule has 1 heterocycles. The average molecular weight is 202 g/mol. The highest BCUT2D eigenvalue weighted by atomic mass is 32.2. The van der Waals surface area contributed by atoms with Crippen LogP contribution >= 0.6 is 0 Å². The van der Waals surface area contributed by atoms with E-state index < -0.39 is 15.4 Å². The summed E-state index contributed by atoms with van der Waals surface area (Å²) in [6, 6.07) is 2.03. The van der Waals surface area contributed by atoms with Gasteiger partial charge in [-0.15, -0.1) is 0 Å². The fourth-order valence-electron chi connectivity index (χ4n) is 1.45. The zero-order chi connectivity index (χ0) is 10.1. The van der Waals surface area contributed by atoms with Crippen LogP contribution in [0.5, 0.6) is 0 Å². The number of nitriles is 1. The van der Waals surface area contributed by atoms with Crippen LogP contribution in [0, 0.1) is 11.3 Å².